The van der Waals surface area contributed by atoms with E-state index in [2.05, 4.69) is 31.9 Å². The number of carbonyl (C=O) groups is 1. The van der Waals surface area contributed by atoms with E-state index in [0.717, 1.165) is 6.07 Å². The minimum atomic E-state index is -1.25. The van der Waals surface area contributed by atoms with Crippen LogP contribution in [0.4, 0.5) is 8.78 Å². The molecule has 0 amide bonds. The van der Waals surface area contributed by atoms with Gasteiger partial charge in [0.15, 0.2) is 11.6 Å². The van der Waals surface area contributed by atoms with Crippen LogP contribution in [0.1, 0.15) is 10.4 Å². The van der Waals surface area contributed by atoms with Crippen molar-refractivity contribution in [1.82, 2.24) is 0 Å². The van der Waals surface area contributed by atoms with Crippen molar-refractivity contribution in [2.75, 3.05) is 0 Å². The minimum absolute atomic E-state index is 0.103. The first-order valence-electron chi connectivity index (χ1n) is 2.98. The van der Waals surface area contributed by atoms with Crippen LogP contribution in [0.15, 0.2) is 15.0 Å². The first-order valence-corrected chi connectivity index (χ1v) is 4.94. The van der Waals surface area contributed by atoms with E-state index in [4.69, 9.17) is 11.6 Å². The molecule has 0 saturated carbocycles. The molecule has 1 rings (SSSR count). The van der Waals surface area contributed by atoms with Gasteiger partial charge in [0.1, 0.15) is 0 Å². The molecule has 0 aliphatic rings. The summed E-state index contributed by atoms with van der Waals surface area (Å²) in [7, 11) is 0. The zero-order chi connectivity index (χ0) is 10.2. The lowest BCUT2D eigenvalue weighted by atomic mass is 10.2. The van der Waals surface area contributed by atoms with Gasteiger partial charge < -0.3 is 0 Å². The van der Waals surface area contributed by atoms with Crippen molar-refractivity contribution in [3.05, 3.63) is 32.2 Å². The van der Waals surface area contributed by atoms with Gasteiger partial charge in [-0.3, -0.25) is 4.79 Å². The van der Waals surface area contributed by atoms with Gasteiger partial charge in [-0.2, -0.15) is 0 Å². The van der Waals surface area contributed by atoms with Gasteiger partial charge in [-0.25, -0.2) is 8.78 Å². The smallest absolute Gasteiger partial charge is 0.256 e. The first kappa shape index (κ1) is 11.1. The average molecular weight is 334 g/mol. The fourth-order valence-corrected chi connectivity index (χ4v) is 1.91. The van der Waals surface area contributed by atoms with Crippen LogP contribution in [-0.4, -0.2) is 5.24 Å². The molecule has 1 nitrogen and oxygen atoms in total. The van der Waals surface area contributed by atoms with Crippen molar-refractivity contribution in [3.8, 4) is 0 Å². The highest BCUT2D eigenvalue weighted by Gasteiger charge is 2.20. The minimum Gasteiger partial charge on any atom is -0.275 e. The summed E-state index contributed by atoms with van der Waals surface area (Å²) >= 11 is 10.9. The van der Waals surface area contributed by atoms with Crippen LogP contribution in [0.25, 0.3) is 0 Å². The molecular formula is C7HBr2ClF2O. The van der Waals surface area contributed by atoms with E-state index in [-0.39, 0.29) is 8.95 Å². The highest BCUT2D eigenvalue weighted by Crippen LogP contribution is 2.31. The maximum absolute atomic E-state index is 13.0. The average Bonchev–Trinajstić information content (AvgIpc) is 2.01. The molecule has 0 heterocycles. The zero-order valence-corrected chi connectivity index (χ0v) is 9.80. The van der Waals surface area contributed by atoms with Crippen molar-refractivity contribution in [3.63, 3.8) is 0 Å². The second kappa shape index (κ2) is 4.02. The molecule has 0 fully saturated rings. The molecule has 0 saturated heterocycles. The van der Waals surface area contributed by atoms with E-state index >= 15 is 0 Å². The number of rotatable bonds is 1. The Balaban J connectivity index is 3.56. The Labute approximate surface area is 94.3 Å². The van der Waals surface area contributed by atoms with Gasteiger partial charge in [0.2, 0.25) is 0 Å². The largest absolute Gasteiger partial charge is 0.275 e. The number of halogens is 5. The summed E-state index contributed by atoms with van der Waals surface area (Å²) in [6.45, 7) is 0. The van der Waals surface area contributed by atoms with Gasteiger partial charge in [0.05, 0.1) is 5.56 Å². The topological polar surface area (TPSA) is 17.1 Å². The second-order valence-electron chi connectivity index (χ2n) is 2.12. The lowest BCUT2D eigenvalue weighted by Crippen LogP contribution is -2.00. The summed E-state index contributed by atoms with van der Waals surface area (Å²) in [6.07, 6.45) is 0. The van der Waals surface area contributed by atoms with E-state index in [1.807, 2.05) is 0 Å². The monoisotopic (exact) mass is 332 g/mol. The third kappa shape index (κ3) is 2.08. The molecule has 6 heteroatoms. The Bertz CT molecular complexity index is 355. The van der Waals surface area contributed by atoms with Gasteiger partial charge in [-0.05, 0) is 49.5 Å². The van der Waals surface area contributed by atoms with Gasteiger partial charge in [-0.1, -0.05) is 0 Å². The second-order valence-corrected chi connectivity index (χ2v) is 4.11. The van der Waals surface area contributed by atoms with Gasteiger partial charge in [-0.15, -0.1) is 0 Å². The van der Waals surface area contributed by atoms with Crippen LogP contribution >= 0.6 is 43.5 Å². The summed E-state index contributed by atoms with van der Waals surface area (Å²) < 4.78 is 26.0. The number of carbonyl (C=O) groups excluding carboxylic acids is 1. The van der Waals surface area contributed by atoms with E-state index in [9.17, 15) is 13.6 Å². The van der Waals surface area contributed by atoms with E-state index in [0.29, 0.717) is 0 Å². The third-order valence-electron chi connectivity index (χ3n) is 1.31. The summed E-state index contributed by atoms with van der Waals surface area (Å²) in [4.78, 5) is 10.7. The van der Waals surface area contributed by atoms with Crippen LogP contribution in [0.3, 0.4) is 0 Å². The van der Waals surface area contributed by atoms with Crippen LogP contribution in [0.5, 0.6) is 0 Å². The van der Waals surface area contributed by atoms with Crippen molar-refractivity contribution in [2.24, 2.45) is 0 Å². The van der Waals surface area contributed by atoms with Gasteiger partial charge in [0, 0.05) is 8.95 Å². The van der Waals surface area contributed by atoms with E-state index < -0.39 is 22.4 Å². The molecule has 13 heavy (non-hydrogen) atoms. The van der Waals surface area contributed by atoms with Crippen LogP contribution in [0, 0.1) is 11.6 Å². The lowest BCUT2D eigenvalue weighted by molar-refractivity contribution is 0.107. The highest BCUT2D eigenvalue weighted by atomic mass is 79.9. The van der Waals surface area contributed by atoms with Crippen LogP contribution < -0.4 is 0 Å². The molecule has 0 aromatic heterocycles. The molecule has 1 aromatic carbocycles. The molecule has 0 unspecified atom stereocenters. The van der Waals surface area contributed by atoms with Crippen molar-refractivity contribution in [1.29, 1.82) is 0 Å². The Morgan fingerprint density at radius 3 is 2.38 bits per heavy atom. The quantitative estimate of drug-likeness (QED) is 0.563. The Morgan fingerprint density at radius 2 is 1.92 bits per heavy atom. The van der Waals surface area contributed by atoms with Crippen LogP contribution in [0.2, 0.25) is 0 Å². The van der Waals surface area contributed by atoms with Gasteiger partial charge >= 0.3 is 0 Å². The molecule has 0 atom stereocenters. The highest BCUT2D eigenvalue weighted by molar-refractivity contribution is 9.13. The standard InChI is InChI=1S/C7HBr2ClF2O/c8-2-1-3(11)6(12)4(5(2)9)7(10)13/h1H. The normalized spacial score (nSPS) is 10.2. The maximum Gasteiger partial charge on any atom is 0.256 e. The zero-order valence-electron chi connectivity index (χ0n) is 5.88. The summed E-state index contributed by atoms with van der Waals surface area (Å²) in [5.74, 6) is -2.38. The summed E-state index contributed by atoms with van der Waals surface area (Å²) in [5.41, 5.74) is -0.506. The molecule has 0 aliphatic heterocycles. The maximum atomic E-state index is 13.0. The summed E-state index contributed by atoms with van der Waals surface area (Å²) in [6, 6.07) is 0.906. The predicted molar refractivity (Wildman–Crippen MR) is 51.9 cm³/mol. The molecule has 0 aliphatic carbocycles. The number of hydrogen-bond donors (Lipinski definition) is 0. The Morgan fingerprint density at radius 1 is 1.38 bits per heavy atom. The molecule has 0 radical (unpaired) electrons. The van der Waals surface area contributed by atoms with Gasteiger partial charge in [0.25, 0.3) is 5.24 Å². The van der Waals surface area contributed by atoms with Crippen molar-refractivity contribution >= 4 is 48.7 Å². The molecule has 0 N–H and O–H groups in total. The van der Waals surface area contributed by atoms with E-state index in [1.54, 1.807) is 0 Å². The number of benzene rings is 1. The first-order chi connectivity index (χ1) is 5.95. The van der Waals surface area contributed by atoms with Crippen molar-refractivity contribution in [2.45, 2.75) is 0 Å². The fourth-order valence-electron chi connectivity index (χ4n) is 0.746. The predicted octanol–water partition coefficient (Wildman–Crippen LogP) is 3.87. The Kier molecular flexibility index (Phi) is 3.43. The number of hydrogen-bond acceptors (Lipinski definition) is 1. The van der Waals surface area contributed by atoms with Crippen molar-refractivity contribution < 1.29 is 13.6 Å². The summed E-state index contributed by atoms with van der Waals surface area (Å²) in [5, 5.41) is -1.05. The SMILES string of the molecule is O=C(Cl)c1c(F)c(F)cc(Br)c1Br. The molecule has 0 spiro atoms. The molecular weight excluding hydrogens is 333 g/mol. The van der Waals surface area contributed by atoms with E-state index in [1.165, 1.54) is 0 Å². The molecule has 1 aromatic rings. The molecule has 0 bridgehead atoms. The molecule has 70 valence electrons. The lowest BCUT2D eigenvalue weighted by Gasteiger charge is -2.03. The van der Waals surface area contributed by atoms with Crippen LogP contribution in [-0.2, 0) is 0 Å². The fraction of sp³-hybridized carbons (Fsp3) is 0. The third-order valence-corrected chi connectivity index (χ3v) is 3.48. The Hall–Kier alpha value is -0.000000000000000111.